The highest BCUT2D eigenvalue weighted by Gasteiger charge is 2.11. The third kappa shape index (κ3) is 5.80. The topological polar surface area (TPSA) is 50.4 Å². The molecule has 0 saturated heterocycles. The van der Waals surface area contributed by atoms with E-state index >= 15 is 0 Å². The fourth-order valence-corrected chi connectivity index (χ4v) is 1.50. The number of anilines is 1. The van der Waals surface area contributed by atoms with E-state index in [-0.39, 0.29) is 11.9 Å². The molecule has 0 heterocycles. The SMILES string of the molecule is CCOCCCNC(C)C(=O)Nc1ccccc1. The first-order valence-corrected chi connectivity index (χ1v) is 6.41. The van der Waals surface area contributed by atoms with Gasteiger partial charge in [0.2, 0.25) is 5.91 Å². The van der Waals surface area contributed by atoms with Crippen LogP contribution in [0.25, 0.3) is 0 Å². The van der Waals surface area contributed by atoms with Crippen molar-refractivity contribution in [3.05, 3.63) is 30.3 Å². The number of carbonyl (C=O) groups is 1. The molecule has 0 aromatic heterocycles. The minimum absolute atomic E-state index is 0.0161. The maximum Gasteiger partial charge on any atom is 0.241 e. The van der Waals surface area contributed by atoms with Crippen molar-refractivity contribution >= 4 is 11.6 Å². The molecule has 1 rings (SSSR count). The Bertz CT molecular complexity index is 341. The molecule has 18 heavy (non-hydrogen) atoms. The molecule has 4 heteroatoms. The van der Waals surface area contributed by atoms with Crippen molar-refractivity contribution in [2.24, 2.45) is 0 Å². The lowest BCUT2D eigenvalue weighted by Gasteiger charge is -2.14. The molecule has 1 aromatic rings. The number of nitrogens with one attached hydrogen (secondary N) is 2. The monoisotopic (exact) mass is 250 g/mol. The summed E-state index contributed by atoms with van der Waals surface area (Å²) in [6, 6.07) is 9.27. The van der Waals surface area contributed by atoms with Crippen molar-refractivity contribution in [3.63, 3.8) is 0 Å². The summed E-state index contributed by atoms with van der Waals surface area (Å²) in [5, 5.41) is 6.03. The Labute approximate surface area is 109 Å². The molecule has 1 unspecified atom stereocenters. The van der Waals surface area contributed by atoms with Crippen LogP contribution in [0, 0.1) is 0 Å². The maximum atomic E-state index is 11.8. The second-order valence-corrected chi connectivity index (χ2v) is 4.08. The molecule has 1 atom stereocenters. The maximum absolute atomic E-state index is 11.8. The Balaban J connectivity index is 2.21. The Kier molecular flexibility index (Phi) is 7.06. The van der Waals surface area contributed by atoms with Gasteiger partial charge in [-0.15, -0.1) is 0 Å². The predicted molar refractivity (Wildman–Crippen MR) is 73.6 cm³/mol. The van der Waals surface area contributed by atoms with Gasteiger partial charge in [-0.05, 0) is 38.9 Å². The average Bonchev–Trinajstić information content (AvgIpc) is 2.39. The van der Waals surface area contributed by atoms with E-state index < -0.39 is 0 Å². The van der Waals surface area contributed by atoms with Crippen molar-refractivity contribution in [2.45, 2.75) is 26.3 Å². The van der Waals surface area contributed by atoms with Crippen LogP contribution in [0.5, 0.6) is 0 Å². The van der Waals surface area contributed by atoms with Gasteiger partial charge in [0.25, 0.3) is 0 Å². The first-order valence-electron chi connectivity index (χ1n) is 6.41. The molecule has 0 saturated carbocycles. The molecule has 1 aromatic carbocycles. The molecular formula is C14H22N2O2. The van der Waals surface area contributed by atoms with E-state index in [1.165, 1.54) is 0 Å². The number of para-hydroxylation sites is 1. The van der Waals surface area contributed by atoms with Gasteiger partial charge in [-0.25, -0.2) is 0 Å². The second kappa shape index (κ2) is 8.66. The van der Waals surface area contributed by atoms with E-state index in [9.17, 15) is 4.79 Å². The highest BCUT2D eigenvalue weighted by molar-refractivity contribution is 5.94. The Morgan fingerprint density at radius 3 is 2.72 bits per heavy atom. The molecular weight excluding hydrogens is 228 g/mol. The number of hydrogen-bond donors (Lipinski definition) is 2. The summed E-state index contributed by atoms with van der Waals surface area (Å²) < 4.78 is 5.23. The highest BCUT2D eigenvalue weighted by Crippen LogP contribution is 2.05. The highest BCUT2D eigenvalue weighted by atomic mass is 16.5. The molecule has 0 radical (unpaired) electrons. The summed E-state index contributed by atoms with van der Waals surface area (Å²) in [6.45, 7) is 6.09. The fraction of sp³-hybridized carbons (Fsp3) is 0.500. The van der Waals surface area contributed by atoms with Crippen LogP contribution in [0.3, 0.4) is 0 Å². The van der Waals surface area contributed by atoms with Crippen LogP contribution in [0.1, 0.15) is 20.3 Å². The Hall–Kier alpha value is -1.39. The summed E-state index contributed by atoms with van der Waals surface area (Å²) in [5.74, 6) is -0.0161. The predicted octanol–water partition coefficient (Wildman–Crippen LogP) is 2.03. The molecule has 0 aliphatic rings. The van der Waals surface area contributed by atoms with E-state index in [1.54, 1.807) is 0 Å². The minimum atomic E-state index is -0.202. The molecule has 0 fully saturated rings. The smallest absolute Gasteiger partial charge is 0.241 e. The number of hydrogen-bond acceptors (Lipinski definition) is 3. The van der Waals surface area contributed by atoms with Crippen molar-refractivity contribution in [2.75, 3.05) is 25.1 Å². The lowest BCUT2D eigenvalue weighted by molar-refractivity contribution is -0.117. The first kappa shape index (κ1) is 14.7. The zero-order valence-electron chi connectivity index (χ0n) is 11.1. The number of rotatable bonds is 8. The van der Waals surface area contributed by atoms with Crippen LogP contribution in [0.15, 0.2) is 30.3 Å². The van der Waals surface area contributed by atoms with Crippen molar-refractivity contribution < 1.29 is 9.53 Å². The van der Waals surface area contributed by atoms with Crippen LogP contribution in [-0.2, 0) is 9.53 Å². The van der Waals surface area contributed by atoms with E-state index in [0.29, 0.717) is 0 Å². The largest absolute Gasteiger partial charge is 0.382 e. The number of ether oxygens (including phenoxy) is 1. The second-order valence-electron chi connectivity index (χ2n) is 4.08. The van der Waals surface area contributed by atoms with Gasteiger partial charge in [-0.2, -0.15) is 0 Å². The molecule has 0 spiro atoms. The number of carbonyl (C=O) groups excluding carboxylic acids is 1. The molecule has 4 nitrogen and oxygen atoms in total. The molecule has 100 valence electrons. The van der Waals surface area contributed by atoms with Gasteiger partial charge in [0.1, 0.15) is 0 Å². The Morgan fingerprint density at radius 2 is 2.06 bits per heavy atom. The molecule has 0 aliphatic heterocycles. The van der Waals surface area contributed by atoms with Crippen LogP contribution < -0.4 is 10.6 Å². The van der Waals surface area contributed by atoms with Gasteiger partial charge in [-0.3, -0.25) is 4.79 Å². The van der Waals surface area contributed by atoms with Crippen LogP contribution >= 0.6 is 0 Å². The van der Waals surface area contributed by atoms with Gasteiger partial charge in [0.15, 0.2) is 0 Å². The van der Waals surface area contributed by atoms with Crippen molar-refractivity contribution in [3.8, 4) is 0 Å². The molecule has 0 bridgehead atoms. The van der Waals surface area contributed by atoms with Crippen LogP contribution in [0.2, 0.25) is 0 Å². The van der Waals surface area contributed by atoms with Crippen LogP contribution in [0.4, 0.5) is 5.69 Å². The summed E-state index contributed by atoms with van der Waals surface area (Å²) in [4.78, 5) is 11.8. The normalized spacial score (nSPS) is 12.1. The van der Waals surface area contributed by atoms with Crippen molar-refractivity contribution in [1.82, 2.24) is 5.32 Å². The fourth-order valence-electron chi connectivity index (χ4n) is 1.50. The summed E-state index contributed by atoms with van der Waals surface area (Å²) >= 11 is 0. The summed E-state index contributed by atoms with van der Waals surface area (Å²) in [6.07, 6.45) is 0.913. The first-order chi connectivity index (χ1) is 8.74. The van der Waals surface area contributed by atoms with E-state index in [1.807, 2.05) is 44.2 Å². The quantitative estimate of drug-likeness (QED) is 0.694. The third-order valence-corrected chi connectivity index (χ3v) is 2.55. The summed E-state index contributed by atoms with van der Waals surface area (Å²) in [7, 11) is 0. The molecule has 0 aliphatic carbocycles. The van der Waals surface area contributed by atoms with Crippen molar-refractivity contribution in [1.29, 1.82) is 0 Å². The van der Waals surface area contributed by atoms with Gasteiger partial charge in [0, 0.05) is 18.9 Å². The average molecular weight is 250 g/mol. The molecule has 2 N–H and O–H groups in total. The van der Waals surface area contributed by atoms with Gasteiger partial charge in [0.05, 0.1) is 6.04 Å². The zero-order chi connectivity index (χ0) is 13.2. The van der Waals surface area contributed by atoms with E-state index in [4.69, 9.17) is 4.74 Å². The van der Waals surface area contributed by atoms with E-state index in [2.05, 4.69) is 10.6 Å². The summed E-state index contributed by atoms with van der Waals surface area (Å²) in [5.41, 5.74) is 0.825. The van der Waals surface area contributed by atoms with Gasteiger partial charge >= 0.3 is 0 Å². The zero-order valence-corrected chi connectivity index (χ0v) is 11.1. The number of amides is 1. The minimum Gasteiger partial charge on any atom is -0.382 e. The van der Waals surface area contributed by atoms with Crippen LogP contribution in [-0.4, -0.2) is 31.7 Å². The van der Waals surface area contributed by atoms with E-state index in [0.717, 1.165) is 31.9 Å². The van der Waals surface area contributed by atoms with Gasteiger partial charge in [-0.1, -0.05) is 18.2 Å². The Morgan fingerprint density at radius 1 is 1.33 bits per heavy atom. The lowest BCUT2D eigenvalue weighted by Crippen LogP contribution is -2.38. The van der Waals surface area contributed by atoms with Gasteiger partial charge < -0.3 is 15.4 Å². The molecule has 1 amide bonds. The lowest BCUT2D eigenvalue weighted by atomic mass is 10.2. The third-order valence-electron chi connectivity index (χ3n) is 2.55. The standard InChI is InChI=1S/C14H22N2O2/c1-3-18-11-7-10-15-12(2)14(17)16-13-8-5-4-6-9-13/h4-6,8-9,12,15H,3,7,10-11H2,1-2H3,(H,16,17). The number of benzene rings is 1.